The maximum absolute atomic E-state index is 10.9. The molecule has 122 valence electrons. The van der Waals surface area contributed by atoms with Gasteiger partial charge in [-0.2, -0.15) is 0 Å². The summed E-state index contributed by atoms with van der Waals surface area (Å²) in [7, 11) is -4.25. The average Bonchev–Trinajstić information content (AvgIpc) is 2.38. The van der Waals surface area contributed by atoms with Gasteiger partial charge in [0.1, 0.15) is 0 Å². The molecule has 2 rings (SSSR count). The summed E-state index contributed by atoms with van der Waals surface area (Å²) in [5.41, 5.74) is 0.572. The molecule has 1 aliphatic rings. The van der Waals surface area contributed by atoms with E-state index < -0.39 is 31.3 Å². The Morgan fingerprint density at radius 1 is 1.27 bits per heavy atom. The van der Waals surface area contributed by atoms with Crippen LogP contribution in [0.15, 0.2) is 12.1 Å². The third-order valence-corrected chi connectivity index (χ3v) is 3.58. The summed E-state index contributed by atoms with van der Waals surface area (Å²) in [5.74, 6) is 0. The van der Waals surface area contributed by atoms with Crippen molar-refractivity contribution in [3.8, 4) is 0 Å². The van der Waals surface area contributed by atoms with Crippen molar-refractivity contribution < 1.29 is 29.5 Å². The zero-order valence-corrected chi connectivity index (χ0v) is 12.0. The maximum atomic E-state index is 10.9. The minimum absolute atomic E-state index is 0.0768. The van der Waals surface area contributed by atoms with E-state index in [2.05, 4.69) is 16.0 Å². The first-order chi connectivity index (χ1) is 10.2. The molecule has 0 saturated carbocycles. The van der Waals surface area contributed by atoms with E-state index in [0.29, 0.717) is 11.3 Å². The summed E-state index contributed by atoms with van der Waals surface area (Å²) >= 11 is 0. The van der Waals surface area contributed by atoms with Crippen LogP contribution in [0.25, 0.3) is 0 Å². The molecule has 11 nitrogen and oxygen atoms in total. The first-order valence-corrected chi connectivity index (χ1v) is 7.93. The van der Waals surface area contributed by atoms with Crippen LogP contribution in [-0.4, -0.2) is 43.7 Å². The van der Waals surface area contributed by atoms with Crippen molar-refractivity contribution in [3.63, 3.8) is 0 Å². The van der Waals surface area contributed by atoms with Crippen molar-refractivity contribution >= 4 is 24.7 Å². The molecule has 12 heteroatoms. The Kier molecular flexibility index (Phi) is 4.66. The monoisotopic (exact) mass is 334 g/mol. The number of aliphatic hydroxyl groups is 2. The molecule has 0 bridgehead atoms. The van der Waals surface area contributed by atoms with Gasteiger partial charge in [0.05, 0.1) is 22.6 Å². The summed E-state index contributed by atoms with van der Waals surface area (Å²) in [5, 5.41) is 37.6. The molecule has 22 heavy (non-hydrogen) atoms. The fourth-order valence-corrected chi connectivity index (χ4v) is 2.42. The Morgan fingerprint density at radius 3 is 2.50 bits per heavy atom. The van der Waals surface area contributed by atoms with Gasteiger partial charge in [0.2, 0.25) is 0 Å². The van der Waals surface area contributed by atoms with Gasteiger partial charge in [0, 0.05) is 18.7 Å². The molecule has 0 amide bonds. The molecule has 0 aromatic heterocycles. The maximum Gasteiger partial charge on any atom is 0.339 e. The van der Waals surface area contributed by atoms with Gasteiger partial charge in [-0.05, 0) is 5.56 Å². The van der Waals surface area contributed by atoms with E-state index in [9.17, 15) is 24.9 Å². The lowest BCUT2D eigenvalue weighted by Crippen LogP contribution is -2.43. The SMILES string of the molecule is O=[N+]([O-])c1cc(CNCP(=O)(O)O)c2c(c1)NC(O)C(O)N2. The van der Waals surface area contributed by atoms with E-state index in [1.807, 2.05) is 0 Å². The third kappa shape index (κ3) is 3.91. The van der Waals surface area contributed by atoms with Crippen LogP contribution < -0.4 is 16.0 Å². The number of nitrogens with one attached hydrogen (secondary N) is 3. The zero-order chi connectivity index (χ0) is 16.5. The van der Waals surface area contributed by atoms with Crippen LogP contribution in [0, 0.1) is 10.1 Å². The number of non-ortho nitro benzene ring substituents is 1. The van der Waals surface area contributed by atoms with Crippen LogP contribution >= 0.6 is 7.60 Å². The third-order valence-electron chi connectivity index (χ3n) is 2.94. The lowest BCUT2D eigenvalue weighted by molar-refractivity contribution is -0.384. The van der Waals surface area contributed by atoms with Gasteiger partial charge in [0.15, 0.2) is 12.5 Å². The molecule has 1 aliphatic heterocycles. The van der Waals surface area contributed by atoms with Crippen molar-refractivity contribution in [2.45, 2.75) is 19.0 Å². The summed E-state index contributed by atoms with van der Waals surface area (Å²) in [4.78, 5) is 27.9. The molecular weight excluding hydrogens is 319 g/mol. The van der Waals surface area contributed by atoms with Gasteiger partial charge < -0.3 is 36.0 Å². The van der Waals surface area contributed by atoms with E-state index in [4.69, 9.17) is 9.79 Å². The van der Waals surface area contributed by atoms with Crippen LogP contribution in [0.4, 0.5) is 17.1 Å². The van der Waals surface area contributed by atoms with Crippen molar-refractivity contribution in [3.05, 3.63) is 27.8 Å². The number of hydrogen-bond acceptors (Lipinski definition) is 8. The Hall–Kier alpha value is -1.75. The van der Waals surface area contributed by atoms with Gasteiger partial charge >= 0.3 is 7.60 Å². The first-order valence-electron chi connectivity index (χ1n) is 6.13. The van der Waals surface area contributed by atoms with Gasteiger partial charge in [-0.1, -0.05) is 0 Å². The first kappa shape index (κ1) is 16.6. The van der Waals surface area contributed by atoms with Crippen LogP contribution in [0.2, 0.25) is 0 Å². The highest BCUT2D eigenvalue weighted by Crippen LogP contribution is 2.36. The number of aliphatic hydroxyl groups excluding tert-OH is 2. The van der Waals surface area contributed by atoms with Crippen LogP contribution in [-0.2, 0) is 11.1 Å². The van der Waals surface area contributed by atoms with Crippen LogP contribution in [0.1, 0.15) is 5.56 Å². The fourth-order valence-electron chi connectivity index (χ4n) is 2.02. The summed E-state index contributed by atoms with van der Waals surface area (Å²) in [6.07, 6.45) is -3.26. The normalized spacial score (nSPS) is 20.7. The molecule has 0 saturated heterocycles. The minimum atomic E-state index is -4.25. The molecule has 0 aliphatic carbocycles. The van der Waals surface area contributed by atoms with E-state index >= 15 is 0 Å². The Labute approximate surface area is 124 Å². The number of benzene rings is 1. The molecule has 0 fully saturated rings. The Balaban J connectivity index is 2.30. The molecule has 0 spiro atoms. The van der Waals surface area contributed by atoms with E-state index in [1.165, 1.54) is 12.1 Å². The molecule has 2 unspecified atom stereocenters. The number of hydrogen-bond donors (Lipinski definition) is 7. The van der Waals surface area contributed by atoms with Gasteiger partial charge in [-0.25, -0.2) is 0 Å². The molecule has 1 aromatic rings. The van der Waals surface area contributed by atoms with Gasteiger partial charge in [-0.15, -0.1) is 0 Å². The average molecular weight is 334 g/mol. The van der Waals surface area contributed by atoms with E-state index in [1.54, 1.807) is 0 Å². The molecule has 1 aromatic carbocycles. The molecule has 0 radical (unpaired) electrons. The second-order valence-electron chi connectivity index (χ2n) is 4.71. The lowest BCUT2D eigenvalue weighted by atomic mass is 10.1. The molecule has 2 atom stereocenters. The van der Waals surface area contributed by atoms with E-state index in [0.717, 1.165) is 0 Å². The van der Waals surface area contributed by atoms with Crippen LogP contribution in [0.5, 0.6) is 0 Å². The Morgan fingerprint density at radius 2 is 1.91 bits per heavy atom. The smallest absolute Gasteiger partial charge is 0.339 e. The second-order valence-corrected chi connectivity index (χ2v) is 6.36. The summed E-state index contributed by atoms with van der Waals surface area (Å²) in [6.45, 7) is -0.0768. The number of nitrogens with zero attached hydrogens (tertiary/aromatic N) is 1. The number of nitro groups is 1. The zero-order valence-electron chi connectivity index (χ0n) is 11.1. The number of nitro benzene ring substituents is 1. The summed E-state index contributed by atoms with van der Waals surface area (Å²) < 4.78 is 10.8. The lowest BCUT2D eigenvalue weighted by Gasteiger charge is -2.31. The van der Waals surface area contributed by atoms with E-state index in [-0.39, 0.29) is 17.9 Å². The Bertz CT molecular complexity index is 634. The number of rotatable bonds is 5. The number of fused-ring (bicyclic) bond motifs is 1. The highest BCUT2D eigenvalue weighted by Gasteiger charge is 2.28. The highest BCUT2D eigenvalue weighted by molar-refractivity contribution is 7.51. The largest absolute Gasteiger partial charge is 0.369 e. The van der Waals surface area contributed by atoms with Crippen molar-refractivity contribution in [2.75, 3.05) is 16.9 Å². The molecule has 1 heterocycles. The predicted molar refractivity (Wildman–Crippen MR) is 76.1 cm³/mol. The standard InChI is InChI=1S/C10H15N4O7P/c15-9-10(16)13-8-5(3-11-4-22(19,20)21)1-6(14(17)18)2-7(8)12-9/h1-2,9-13,15-16H,3-4H2,(H2,19,20,21). The van der Waals surface area contributed by atoms with Crippen molar-refractivity contribution in [2.24, 2.45) is 0 Å². The van der Waals surface area contributed by atoms with Crippen LogP contribution in [0.3, 0.4) is 0 Å². The number of anilines is 2. The van der Waals surface area contributed by atoms with Crippen molar-refractivity contribution in [1.29, 1.82) is 0 Å². The second kappa shape index (κ2) is 6.16. The molecular formula is C10H15N4O7P. The van der Waals surface area contributed by atoms with Gasteiger partial charge in [-0.3, -0.25) is 14.7 Å². The van der Waals surface area contributed by atoms with Crippen molar-refractivity contribution in [1.82, 2.24) is 5.32 Å². The van der Waals surface area contributed by atoms with Gasteiger partial charge in [0.25, 0.3) is 5.69 Å². The predicted octanol–water partition coefficient (Wildman–Crippen LogP) is -0.706. The topological polar surface area (TPSA) is 177 Å². The molecule has 7 N–H and O–H groups in total. The quantitative estimate of drug-likeness (QED) is 0.207. The highest BCUT2D eigenvalue weighted by atomic mass is 31.2. The minimum Gasteiger partial charge on any atom is -0.369 e. The fraction of sp³-hybridized carbons (Fsp3) is 0.400. The summed E-state index contributed by atoms with van der Waals surface area (Å²) in [6, 6.07) is 2.40.